The second-order valence-electron chi connectivity index (χ2n) is 7.72. The highest BCUT2D eigenvalue weighted by molar-refractivity contribution is 8.26. The van der Waals surface area contributed by atoms with E-state index in [0.29, 0.717) is 39.3 Å². The first-order chi connectivity index (χ1) is 15.5. The SMILES string of the molecule is CCN1C(=O)/C(=C/c2c(NCCCN3CCOCC3)nc3c(C)cccn3c2=O)SC1=S. The summed E-state index contributed by atoms with van der Waals surface area (Å²) in [6.45, 7) is 9.36. The van der Waals surface area contributed by atoms with Crippen LogP contribution in [0.1, 0.15) is 24.5 Å². The molecule has 2 aliphatic rings. The van der Waals surface area contributed by atoms with Gasteiger partial charge in [-0.3, -0.25) is 23.8 Å². The largest absolute Gasteiger partial charge is 0.379 e. The number of rotatable bonds is 7. The van der Waals surface area contributed by atoms with Gasteiger partial charge in [-0.25, -0.2) is 4.98 Å². The van der Waals surface area contributed by atoms with E-state index in [1.807, 2.05) is 26.0 Å². The van der Waals surface area contributed by atoms with Gasteiger partial charge in [0.25, 0.3) is 11.5 Å². The third kappa shape index (κ3) is 4.73. The molecule has 8 nitrogen and oxygen atoms in total. The number of hydrogen-bond acceptors (Lipinski definition) is 8. The van der Waals surface area contributed by atoms with E-state index in [1.54, 1.807) is 12.3 Å². The second kappa shape index (κ2) is 10.1. The van der Waals surface area contributed by atoms with Gasteiger partial charge >= 0.3 is 0 Å². The zero-order valence-electron chi connectivity index (χ0n) is 18.3. The van der Waals surface area contributed by atoms with Gasteiger partial charge in [-0.15, -0.1) is 0 Å². The number of likely N-dealkylation sites (N-methyl/N-ethyl adjacent to an activating group) is 1. The molecule has 2 aliphatic heterocycles. The molecule has 10 heteroatoms. The van der Waals surface area contributed by atoms with Gasteiger partial charge in [-0.05, 0) is 44.5 Å². The number of thiocarbonyl (C=S) groups is 1. The first kappa shape index (κ1) is 22.9. The van der Waals surface area contributed by atoms with Gasteiger partial charge in [0, 0.05) is 32.4 Å². The van der Waals surface area contributed by atoms with E-state index in [1.165, 1.54) is 21.1 Å². The Hall–Kier alpha value is -2.27. The summed E-state index contributed by atoms with van der Waals surface area (Å²) in [6, 6.07) is 3.75. The summed E-state index contributed by atoms with van der Waals surface area (Å²) in [4.78, 5) is 35.2. The molecule has 0 radical (unpaired) electrons. The molecule has 2 aromatic heterocycles. The molecule has 1 N–H and O–H groups in total. The summed E-state index contributed by atoms with van der Waals surface area (Å²) >= 11 is 6.54. The lowest BCUT2D eigenvalue weighted by Crippen LogP contribution is -2.37. The molecule has 2 fully saturated rings. The summed E-state index contributed by atoms with van der Waals surface area (Å²) in [7, 11) is 0. The van der Waals surface area contributed by atoms with Crippen LogP contribution in [0.5, 0.6) is 0 Å². The molecular weight excluding hydrogens is 446 g/mol. The molecule has 0 bridgehead atoms. The molecule has 4 rings (SSSR count). The fraction of sp³-hybridized carbons (Fsp3) is 0.455. The molecule has 1 amide bonds. The summed E-state index contributed by atoms with van der Waals surface area (Å²) in [6.07, 6.45) is 4.24. The van der Waals surface area contributed by atoms with E-state index in [2.05, 4.69) is 10.2 Å². The number of aromatic nitrogens is 2. The van der Waals surface area contributed by atoms with Crippen molar-refractivity contribution in [1.29, 1.82) is 0 Å². The summed E-state index contributed by atoms with van der Waals surface area (Å²) in [5, 5.41) is 3.34. The van der Waals surface area contributed by atoms with Crippen molar-refractivity contribution in [2.75, 3.05) is 51.3 Å². The number of nitrogens with zero attached hydrogens (tertiary/aromatic N) is 4. The van der Waals surface area contributed by atoms with Crippen molar-refractivity contribution in [2.24, 2.45) is 0 Å². The van der Waals surface area contributed by atoms with Crippen molar-refractivity contribution in [1.82, 2.24) is 19.2 Å². The van der Waals surface area contributed by atoms with E-state index in [4.69, 9.17) is 21.9 Å². The van der Waals surface area contributed by atoms with Crippen LogP contribution in [0.15, 0.2) is 28.0 Å². The lowest BCUT2D eigenvalue weighted by Gasteiger charge is -2.26. The van der Waals surface area contributed by atoms with Crippen LogP contribution in [0.4, 0.5) is 5.82 Å². The van der Waals surface area contributed by atoms with Crippen LogP contribution in [0.3, 0.4) is 0 Å². The maximum atomic E-state index is 13.4. The average molecular weight is 474 g/mol. The van der Waals surface area contributed by atoms with Gasteiger partial charge < -0.3 is 10.1 Å². The molecule has 2 aromatic rings. The van der Waals surface area contributed by atoms with Crippen molar-refractivity contribution in [3.05, 3.63) is 44.7 Å². The normalized spacial score (nSPS) is 18.8. The number of hydrogen-bond donors (Lipinski definition) is 1. The van der Waals surface area contributed by atoms with Crippen molar-refractivity contribution in [3.8, 4) is 0 Å². The van der Waals surface area contributed by atoms with Crippen LogP contribution in [-0.4, -0.2) is 75.3 Å². The Labute approximate surface area is 196 Å². The van der Waals surface area contributed by atoms with Crippen LogP contribution in [0.25, 0.3) is 11.7 Å². The summed E-state index contributed by atoms with van der Waals surface area (Å²) in [5.74, 6) is 0.322. The van der Waals surface area contributed by atoms with E-state index in [-0.39, 0.29) is 11.5 Å². The van der Waals surface area contributed by atoms with Gasteiger partial charge in [-0.2, -0.15) is 0 Å². The van der Waals surface area contributed by atoms with Gasteiger partial charge in [0.15, 0.2) is 0 Å². The van der Waals surface area contributed by atoms with Crippen LogP contribution in [0, 0.1) is 6.92 Å². The molecule has 2 saturated heterocycles. The number of aryl methyl sites for hydroxylation is 1. The Morgan fingerprint density at radius 2 is 2.09 bits per heavy atom. The molecule has 0 aromatic carbocycles. The number of morpholine rings is 1. The Balaban J connectivity index is 1.63. The predicted molar refractivity (Wildman–Crippen MR) is 132 cm³/mol. The van der Waals surface area contributed by atoms with Crippen LogP contribution in [-0.2, 0) is 9.53 Å². The van der Waals surface area contributed by atoms with Crippen LogP contribution >= 0.6 is 24.0 Å². The average Bonchev–Trinajstić information content (AvgIpc) is 3.07. The first-order valence-electron chi connectivity index (χ1n) is 10.8. The van der Waals surface area contributed by atoms with Gasteiger partial charge in [-0.1, -0.05) is 30.0 Å². The standard InChI is InChI=1S/C22H27N5O3S2/c1-3-26-21(29)17(32-22(26)31)14-16-18(23-7-5-8-25-10-12-30-13-11-25)24-19-15(2)6-4-9-27(19)20(16)28/h4,6,9,14,23H,3,5,7-8,10-13H2,1-2H3/b17-14-. The lowest BCUT2D eigenvalue weighted by atomic mass is 10.2. The Morgan fingerprint density at radius 3 is 2.81 bits per heavy atom. The minimum Gasteiger partial charge on any atom is -0.379 e. The van der Waals surface area contributed by atoms with E-state index < -0.39 is 0 Å². The Kier molecular flexibility index (Phi) is 7.24. The molecule has 0 unspecified atom stereocenters. The van der Waals surface area contributed by atoms with Crippen molar-refractivity contribution in [2.45, 2.75) is 20.3 Å². The smallest absolute Gasteiger partial charge is 0.267 e. The predicted octanol–water partition coefficient (Wildman–Crippen LogP) is 2.36. The van der Waals surface area contributed by atoms with Gasteiger partial charge in [0.1, 0.15) is 15.8 Å². The molecule has 0 spiro atoms. The van der Waals surface area contributed by atoms with Crippen molar-refractivity contribution in [3.63, 3.8) is 0 Å². The van der Waals surface area contributed by atoms with E-state index >= 15 is 0 Å². The van der Waals surface area contributed by atoms with Crippen molar-refractivity contribution >= 4 is 51.7 Å². The molecule has 4 heterocycles. The lowest BCUT2D eigenvalue weighted by molar-refractivity contribution is -0.121. The highest BCUT2D eigenvalue weighted by atomic mass is 32.2. The molecule has 0 aliphatic carbocycles. The minimum absolute atomic E-state index is 0.172. The molecule has 0 saturated carbocycles. The number of carbonyl (C=O) groups excluding carboxylic acids is 1. The number of nitrogens with one attached hydrogen (secondary N) is 1. The molecule has 0 atom stereocenters. The topological polar surface area (TPSA) is 79.2 Å². The second-order valence-corrected chi connectivity index (χ2v) is 9.40. The Morgan fingerprint density at radius 1 is 1.31 bits per heavy atom. The first-order valence-corrected chi connectivity index (χ1v) is 12.0. The minimum atomic E-state index is -0.212. The van der Waals surface area contributed by atoms with Gasteiger partial charge in [0.2, 0.25) is 0 Å². The zero-order chi connectivity index (χ0) is 22.7. The van der Waals surface area contributed by atoms with E-state index in [9.17, 15) is 9.59 Å². The third-order valence-electron chi connectivity index (χ3n) is 5.60. The number of pyridine rings is 1. The fourth-order valence-electron chi connectivity index (χ4n) is 3.81. The number of fused-ring (bicyclic) bond motifs is 1. The number of ether oxygens (including phenoxy) is 1. The van der Waals surface area contributed by atoms with Crippen LogP contribution in [0.2, 0.25) is 0 Å². The molecule has 32 heavy (non-hydrogen) atoms. The van der Waals surface area contributed by atoms with E-state index in [0.717, 1.165) is 44.8 Å². The maximum absolute atomic E-state index is 13.4. The summed E-state index contributed by atoms with van der Waals surface area (Å²) in [5.41, 5.74) is 1.67. The fourth-order valence-corrected chi connectivity index (χ4v) is 5.18. The van der Waals surface area contributed by atoms with Crippen LogP contribution < -0.4 is 10.9 Å². The molecule has 170 valence electrons. The highest BCUT2D eigenvalue weighted by Gasteiger charge is 2.31. The number of anilines is 1. The Bertz CT molecular complexity index is 1120. The quantitative estimate of drug-likeness (QED) is 0.373. The zero-order valence-corrected chi connectivity index (χ0v) is 19.9. The molecular formula is C22H27N5O3S2. The maximum Gasteiger partial charge on any atom is 0.267 e. The monoisotopic (exact) mass is 473 g/mol. The summed E-state index contributed by atoms with van der Waals surface area (Å²) < 4.78 is 7.43. The third-order valence-corrected chi connectivity index (χ3v) is 6.97. The van der Waals surface area contributed by atoms with Crippen molar-refractivity contribution < 1.29 is 9.53 Å². The number of carbonyl (C=O) groups is 1. The van der Waals surface area contributed by atoms with Gasteiger partial charge in [0.05, 0.1) is 23.7 Å². The number of amides is 1. The number of thioether (sulfide) groups is 1. The highest BCUT2D eigenvalue weighted by Crippen LogP contribution is 2.32.